The molecule has 2 aromatic heterocycles. The molecular weight excluding hydrogens is 333 g/mol. The van der Waals surface area contributed by atoms with Crippen LogP contribution in [0.15, 0.2) is 61.2 Å². The van der Waals surface area contributed by atoms with E-state index in [9.17, 15) is 9.50 Å². The van der Waals surface area contributed by atoms with Gasteiger partial charge in [-0.1, -0.05) is 12.1 Å². The first-order valence-corrected chi connectivity index (χ1v) is 8.10. The summed E-state index contributed by atoms with van der Waals surface area (Å²) in [5, 5.41) is 17.9. The van der Waals surface area contributed by atoms with E-state index in [2.05, 4.69) is 20.4 Å². The Morgan fingerprint density at radius 2 is 2.04 bits per heavy atom. The summed E-state index contributed by atoms with van der Waals surface area (Å²) in [5.41, 5.74) is 3.25. The van der Waals surface area contributed by atoms with E-state index < -0.39 is 0 Å². The lowest BCUT2D eigenvalue weighted by Gasteiger charge is -2.09. The van der Waals surface area contributed by atoms with E-state index in [0.29, 0.717) is 17.9 Å². The summed E-state index contributed by atoms with van der Waals surface area (Å²) in [7, 11) is 0. The van der Waals surface area contributed by atoms with Crippen LogP contribution in [-0.2, 0) is 13.2 Å². The third-order valence-electron chi connectivity index (χ3n) is 4.08. The molecule has 0 unspecified atom stereocenters. The van der Waals surface area contributed by atoms with Crippen molar-refractivity contribution >= 4 is 22.4 Å². The first-order chi connectivity index (χ1) is 12.7. The molecule has 0 aliphatic rings. The van der Waals surface area contributed by atoms with Gasteiger partial charge in [-0.2, -0.15) is 5.10 Å². The van der Waals surface area contributed by atoms with Crippen LogP contribution >= 0.6 is 0 Å². The molecule has 0 spiro atoms. The van der Waals surface area contributed by atoms with Crippen LogP contribution in [0.3, 0.4) is 0 Å². The van der Waals surface area contributed by atoms with Crippen molar-refractivity contribution in [2.24, 2.45) is 0 Å². The molecule has 130 valence electrons. The Bertz CT molecular complexity index is 1060. The summed E-state index contributed by atoms with van der Waals surface area (Å²) < 4.78 is 15.2. The van der Waals surface area contributed by atoms with Gasteiger partial charge in [0.1, 0.15) is 18.0 Å². The monoisotopic (exact) mass is 349 g/mol. The molecule has 0 fully saturated rings. The fourth-order valence-electron chi connectivity index (χ4n) is 2.82. The number of anilines is 2. The van der Waals surface area contributed by atoms with Gasteiger partial charge in [-0.3, -0.25) is 4.68 Å². The van der Waals surface area contributed by atoms with Gasteiger partial charge in [0.15, 0.2) is 0 Å². The summed E-state index contributed by atoms with van der Waals surface area (Å²) in [6.07, 6.45) is 4.77. The molecule has 2 N–H and O–H groups in total. The average Bonchev–Trinajstić information content (AvgIpc) is 3.04. The standard InChI is InChI=1S/C19H16FN5O/c20-16-3-1-2-13(6-16)10-25-18-5-4-17(7-14(18)9-23-25)24-19-15(11-26)8-21-12-22-19/h1-9,12,26H,10-11H2,(H,21,22,24). The molecule has 0 saturated heterocycles. The number of aliphatic hydroxyl groups is 1. The Morgan fingerprint density at radius 3 is 2.88 bits per heavy atom. The Balaban J connectivity index is 1.61. The number of nitrogens with zero attached hydrogens (tertiary/aromatic N) is 4. The van der Waals surface area contributed by atoms with Gasteiger partial charge in [-0.05, 0) is 35.9 Å². The predicted octanol–water partition coefficient (Wildman–Crippen LogP) is 3.25. The van der Waals surface area contributed by atoms with Crippen molar-refractivity contribution in [3.05, 3.63) is 78.1 Å². The second kappa shape index (κ2) is 6.89. The second-order valence-electron chi connectivity index (χ2n) is 5.89. The number of halogens is 1. The van der Waals surface area contributed by atoms with Crippen LogP contribution < -0.4 is 5.32 Å². The van der Waals surface area contributed by atoms with Gasteiger partial charge >= 0.3 is 0 Å². The van der Waals surface area contributed by atoms with E-state index in [-0.39, 0.29) is 12.4 Å². The van der Waals surface area contributed by atoms with E-state index in [0.717, 1.165) is 22.2 Å². The maximum Gasteiger partial charge on any atom is 0.139 e. The number of hydrogen-bond donors (Lipinski definition) is 2. The van der Waals surface area contributed by atoms with E-state index in [1.165, 1.54) is 18.5 Å². The first-order valence-electron chi connectivity index (χ1n) is 8.10. The molecule has 0 radical (unpaired) electrons. The fourth-order valence-corrected chi connectivity index (χ4v) is 2.82. The molecule has 7 heteroatoms. The Morgan fingerprint density at radius 1 is 1.12 bits per heavy atom. The largest absolute Gasteiger partial charge is 0.391 e. The van der Waals surface area contributed by atoms with Crippen molar-refractivity contribution in [3.63, 3.8) is 0 Å². The van der Waals surface area contributed by atoms with E-state index in [1.54, 1.807) is 18.5 Å². The van der Waals surface area contributed by atoms with Crippen LogP contribution in [0.4, 0.5) is 15.9 Å². The molecule has 0 bridgehead atoms. The number of rotatable bonds is 5. The minimum atomic E-state index is -0.255. The molecule has 0 amide bonds. The first kappa shape index (κ1) is 16.2. The summed E-state index contributed by atoms with van der Waals surface area (Å²) in [6.45, 7) is 0.353. The van der Waals surface area contributed by atoms with E-state index >= 15 is 0 Å². The normalized spacial score (nSPS) is 11.0. The van der Waals surface area contributed by atoms with E-state index in [1.807, 2.05) is 28.9 Å². The Labute approximate surface area is 149 Å². The van der Waals surface area contributed by atoms with Gasteiger partial charge in [0.2, 0.25) is 0 Å². The highest BCUT2D eigenvalue weighted by Gasteiger charge is 2.07. The topological polar surface area (TPSA) is 75.9 Å². The maximum absolute atomic E-state index is 13.4. The van der Waals surface area contributed by atoms with Crippen molar-refractivity contribution in [1.29, 1.82) is 0 Å². The molecule has 2 aromatic carbocycles. The zero-order valence-corrected chi connectivity index (χ0v) is 13.8. The van der Waals surface area contributed by atoms with E-state index in [4.69, 9.17) is 0 Å². The zero-order valence-electron chi connectivity index (χ0n) is 13.8. The SMILES string of the molecule is OCc1cncnc1Nc1ccc2c(cnn2Cc2cccc(F)c2)c1. The molecular formula is C19H16FN5O. The lowest BCUT2D eigenvalue weighted by Crippen LogP contribution is -2.02. The number of aliphatic hydroxyl groups excluding tert-OH is 1. The van der Waals surface area contributed by atoms with Crippen LogP contribution in [0.5, 0.6) is 0 Å². The van der Waals surface area contributed by atoms with Gasteiger partial charge in [0.05, 0.1) is 24.9 Å². The number of fused-ring (bicyclic) bond motifs is 1. The molecule has 0 aliphatic carbocycles. The summed E-state index contributed by atoms with van der Waals surface area (Å²) in [6, 6.07) is 12.3. The van der Waals surface area contributed by atoms with Crippen LogP contribution in [0.25, 0.3) is 10.9 Å². The van der Waals surface area contributed by atoms with Crippen LogP contribution in [0, 0.1) is 5.82 Å². The number of nitrogens with one attached hydrogen (secondary N) is 1. The molecule has 0 aliphatic heterocycles. The van der Waals surface area contributed by atoms with Crippen LogP contribution in [-0.4, -0.2) is 24.9 Å². The minimum absolute atomic E-state index is 0.142. The smallest absolute Gasteiger partial charge is 0.139 e. The molecule has 26 heavy (non-hydrogen) atoms. The molecule has 6 nitrogen and oxygen atoms in total. The van der Waals surface area contributed by atoms with Gasteiger partial charge in [0, 0.05) is 22.8 Å². The quantitative estimate of drug-likeness (QED) is 0.578. The van der Waals surface area contributed by atoms with Gasteiger partial charge < -0.3 is 10.4 Å². The van der Waals surface area contributed by atoms with Gasteiger partial charge in [-0.25, -0.2) is 14.4 Å². The highest BCUT2D eigenvalue weighted by molar-refractivity contribution is 5.83. The zero-order chi connectivity index (χ0) is 17.9. The average molecular weight is 349 g/mol. The molecule has 4 aromatic rings. The highest BCUT2D eigenvalue weighted by Crippen LogP contribution is 2.23. The molecule has 2 heterocycles. The lowest BCUT2D eigenvalue weighted by atomic mass is 10.2. The van der Waals surface area contributed by atoms with Crippen molar-refractivity contribution < 1.29 is 9.50 Å². The maximum atomic E-state index is 13.4. The van der Waals surface area contributed by atoms with Crippen molar-refractivity contribution in [2.45, 2.75) is 13.2 Å². The van der Waals surface area contributed by atoms with Crippen molar-refractivity contribution in [1.82, 2.24) is 19.7 Å². The Hall–Kier alpha value is -3.32. The predicted molar refractivity (Wildman–Crippen MR) is 96.5 cm³/mol. The molecule has 4 rings (SSSR count). The van der Waals surface area contributed by atoms with Gasteiger partial charge in [0.25, 0.3) is 0 Å². The summed E-state index contributed by atoms with van der Waals surface area (Å²) in [4.78, 5) is 8.06. The third-order valence-corrected chi connectivity index (χ3v) is 4.08. The van der Waals surface area contributed by atoms with Crippen LogP contribution in [0.1, 0.15) is 11.1 Å². The lowest BCUT2D eigenvalue weighted by molar-refractivity contribution is 0.281. The number of aromatic nitrogens is 4. The van der Waals surface area contributed by atoms with Gasteiger partial charge in [-0.15, -0.1) is 0 Å². The molecule has 0 atom stereocenters. The summed E-state index contributed by atoms with van der Waals surface area (Å²) in [5.74, 6) is 0.309. The molecule has 0 saturated carbocycles. The van der Waals surface area contributed by atoms with Crippen molar-refractivity contribution in [3.8, 4) is 0 Å². The highest BCUT2D eigenvalue weighted by atomic mass is 19.1. The van der Waals surface area contributed by atoms with Crippen molar-refractivity contribution in [2.75, 3.05) is 5.32 Å². The summed E-state index contributed by atoms with van der Waals surface area (Å²) >= 11 is 0. The fraction of sp³-hybridized carbons (Fsp3) is 0.105. The Kier molecular flexibility index (Phi) is 4.28. The van der Waals surface area contributed by atoms with Crippen LogP contribution in [0.2, 0.25) is 0 Å². The number of benzene rings is 2. The minimum Gasteiger partial charge on any atom is -0.391 e. The third kappa shape index (κ3) is 3.25. The second-order valence-corrected chi connectivity index (χ2v) is 5.89. The number of hydrogen-bond acceptors (Lipinski definition) is 5.